The first kappa shape index (κ1) is 20.8. The molecule has 1 N–H and O–H groups in total. The lowest BCUT2D eigenvalue weighted by Crippen LogP contribution is -2.53. The van der Waals surface area contributed by atoms with E-state index in [1.54, 1.807) is 32.4 Å². The molecule has 0 spiro atoms. The molecule has 1 aliphatic rings. The highest BCUT2D eigenvalue weighted by Crippen LogP contribution is 2.50. The SMILES string of the molecule is COc1ccc(OCc2nc([C@@]3(C(C)(C)C)CCCN3C(=O)O)no2)cc1OC. The van der Waals surface area contributed by atoms with Crippen LogP contribution in [0.1, 0.15) is 45.3 Å². The molecule has 0 radical (unpaired) electrons. The maximum atomic E-state index is 11.9. The number of amides is 1. The maximum absolute atomic E-state index is 11.9. The van der Waals surface area contributed by atoms with E-state index in [9.17, 15) is 9.90 Å². The van der Waals surface area contributed by atoms with Crippen molar-refractivity contribution in [3.8, 4) is 17.2 Å². The first-order valence-electron chi connectivity index (χ1n) is 9.41. The summed E-state index contributed by atoms with van der Waals surface area (Å²) in [6.07, 6.45) is 0.402. The van der Waals surface area contributed by atoms with Gasteiger partial charge in [-0.1, -0.05) is 25.9 Å². The van der Waals surface area contributed by atoms with E-state index in [1.165, 1.54) is 4.90 Å². The van der Waals surface area contributed by atoms with Crippen molar-refractivity contribution in [1.29, 1.82) is 0 Å². The van der Waals surface area contributed by atoms with Crippen LogP contribution in [0.4, 0.5) is 4.79 Å². The van der Waals surface area contributed by atoms with Crippen molar-refractivity contribution in [2.24, 2.45) is 5.41 Å². The highest BCUT2D eigenvalue weighted by atomic mass is 16.5. The van der Waals surface area contributed by atoms with E-state index in [-0.39, 0.29) is 12.5 Å². The average Bonchev–Trinajstić information content (AvgIpc) is 3.33. The predicted octanol–water partition coefficient (Wildman–Crippen LogP) is 3.68. The van der Waals surface area contributed by atoms with E-state index < -0.39 is 17.0 Å². The van der Waals surface area contributed by atoms with Gasteiger partial charge in [-0.2, -0.15) is 4.98 Å². The normalized spacial score (nSPS) is 19.3. The Balaban J connectivity index is 1.82. The van der Waals surface area contributed by atoms with Crippen LogP contribution in [0.15, 0.2) is 22.7 Å². The van der Waals surface area contributed by atoms with Crippen LogP contribution < -0.4 is 14.2 Å². The number of methoxy groups -OCH3 is 2. The van der Waals surface area contributed by atoms with Crippen molar-refractivity contribution in [3.05, 3.63) is 29.9 Å². The first-order chi connectivity index (χ1) is 13.7. The number of nitrogens with zero attached hydrogens (tertiary/aromatic N) is 3. The van der Waals surface area contributed by atoms with Crippen LogP contribution in [0.3, 0.4) is 0 Å². The molecule has 0 aliphatic carbocycles. The van der Waals surface area contributed by atoms with Crippen molar-refractivity contribution >= 4 is 6.09 Å². The van der Waals surface area contributed by atoms with Crippen molar-refractivity contribution in [1.82, 2.24) is 15.0 Å². The van der Waals surface area contributed by atoms with Crippen LogP contribution in [0, 0.1) is 5.41 Å². The molecule has 1 fully saturated rings. The topological polar surface area (TPSA) is 107 Å². The molecule has 3 rings (SSSR count). The van der Waals surface area contributed by atoms with Gasteiger partial charge < -0.3 is 23.8 Å². The Labute approximate surface area is 169 Å². The quantitative estimate of drug-likeness (QED) is 0.775. The Morgan fingerprint density at radius 3 is 2.62 bits per heavy atom. The van der Waals surface area contributed by atoms with E-state index in [0.717, 1.165) is 6.42 Å². The molecule has 2 aromatic rings. The van der Waals surface area contributed by atoms with Gasteiger partial charge in [-0.3, -0.25) is 4.90 Å². The van der Waals surface area contributed by atoms with Crippen LogP contribution in [-0.4, -0.2) is 47.0 Å². The summed E-state index contributed by atoms with van der Waals surface area (Å²) in [6.45, 7) is 6.47. The van der Waals surface area contributed by atoms with Crippen LogP contribution in [0.25, 0.3) is 0 Å². The minimum absolute atomic E-state index is 0.0514. The summed E-state index contributed by atoms with van der Waals surface area (Å²) in [5.74, 6) is 2.35. The fourth-order valence-corrected chi connectivity index (χ4v) is 3.96. The monoisotopic (exact) mass is 405 g/mol. The molecule has 29 heavy (non-hydrogen) atoms. The lowest BCUT2D eigenvalue weighted by Gasteiger charge is -2.44. The number of likely N-dealkylation sites (tertiary alicyclic amines) is 1. The number of ether oxygens (including phenoxy) is 3. The average molecular weight is 405 g/mol. The largest absolute Gasteiger partial charge is 0.493 e. The maximum Gasteiger partial charge on any atom is 0.408 e. The van der Waals surface area contributed by atoms with E-state index in [4.69, 9.17) is 18.7 Å². The highest BCUT2D eigenvalue weighted by Gasteiger charge is 2.56. The van der Waals surface area contributed by atoms with Gasteiger partial charge in [0.2, 0.25) is 0 Å². The van der Waals surface area contributed by atoms with E-state index in [1.807, 2.05) is 20.8 Å². The van der Waals surface area contributed by atoms with E-state index in [2.05, 4.69) is 10.1 Å². The third-order valence-corrected chi connectivity index (χ3v) is 5.41. The second-order valence-corrected chi connectivity index (χ2v) is 7.97. The summed E-state index contributed by atoms with van der Waals surface area (Å²) in [6, 6.07) is 5.19. The zero-order valence-corrected chi connectivity index (χ0v) is 17.4. The molecule has 9 heteroatoms. The number of hydrogen-bond acceptors (Lipinski definition) is 7. The van der Waals surface area contributed by atoms with Crippen molar-refractivity contribution in [2.45, 2.75) is 45.8 Å². The Morgan fingerprint density at radius 2 is 2.00 bits per heavy atom. The Kier molecular flexibility index (Phi) is 5.59. The lowest BCUT2D eigenvalue weighted by molar-refractivity contribution is 0.0195. The fourth-order valence-electron chi connectivity index (χ4n) is 3.96. The van der Waals surface area contributed by atoms with Gasteiger partial charge in [-0.15, -0.1) is 0 Å². The first-order valence-corrected chi connectivity index (χ1v) is 9.41. The molecule has 1 amide bonds. The van der Waals surface area contributed by atoms with Gasteiger partial charge in [-0.25, -0.2) is 4.79 Å². The van der Waals surface area contributed by atoms with Gasteiger partial charge in [0.25, 0.3) is 5.89 Å². The summed E-state index contributed by atoms with van der Waals surface area (Å²) < 4.78 is 21.6. The molecule has 1 atom stereocenters. The minimum atomic E-state index is -0.981. The number of rotatable bonds is 6. The van der Waals surface area contributed by atoms with Crippen LogP contribution in [0.2, 0.25) is 0 Å². The molecular formula is C20H27N3O6. The van der Waals surface area contributed by atoms with E-state index >= 15 is 0 Å². The standard InChI is InChI=1S/C20H27N3O6/c1-19(2,3)20(9-6-10-23(20)18(24)25)17-21-16(29-22-17)12-28-13-7-8-14(26-4)15(11-13)27-5/h7-8,11H,6,9-10,12H2,1-5H3,(H,24,25)/t20-/m1/s1. The predicted molar refractivity (Wildman–Crippen MR) is 103 cm³/mol. The van der Waals surface area contributed by atoms with E-state index in [0.29, 0.717) is 36.0 Å². The zero-order valence-electron chi connectivity index (χ0n) is 17.4. The zero-order chi connectivity index (χ0) is 21.2. The lowest BCUT2D eigenvalue weighted by atomic mass is 9.71. The molecule has 1 aliphatic heterocycles. The molecule has 9 nitrogen and oxygen atoms in total. The molecule has 0 bridgehead atoms. The molecule has 1 aromatic heterocycles. The highest BCUT2D eigenvalue weighted by molar-refractivity contribution is 5.67. The summed E-state index contributed by atoms with van der Waals surface area (Å²) >= 11 is 0. The molecule has 2 heterocycles. The van der Waals surface area contributed by atoms with Gasteiger partial charge in [0.1, 0.15) is 11.3 Å². The second kappa shape index (κ2) is 7.81. The molecule has 0 saturated carbocycles. The van der Waals surface area contributed by atoms with Crippen LogP contribution in [0.5, 0.6) is 17.2 Å². The fraction of sp³-hybridized carbons (Fsp3) is 0.550. The van der Waals surface area contributed by atoms with Gasteiger partial charge in [0.05, 0.1) is 14.2 Å². The molecule has 1 saturated heterocycles. The van der Waals surface area contributed by atoms with Crippen molar-refractivity contribution in [2.75, 3.05) is 20.8 Å². The number of aromatic nitrogens is 2. The van der Waals surface area contributed by atoms with Gasteiger partial charge in [0, 0.05) is 12.6 Å². The van der Waals surface area contributed by atoms with Crippen molar-refractivity contribution in [3.63, 3.8) is 0 Å². The number of carboxylic acid groups (broad SMARTS) is 1. The Hall–Kier alpha value is -2.97. The number of hydrogen-bond donors (Lipinski definition) is 1. The summed E-state index contributed by atoms with van der Waals surface area (Å²) in [7, 11) is 3.11. The Morgan fingerprint density at radius 1 is 1.28 bits per heavy atom. The smallest absolute Gasteiger partial charge is 0.408 e. The minimum Gasteiger partial charge on any atom is -0.493 e. The van der Waals surface area contributed by atoms with Gasteiger partial charge in [0.15, 0.2) is 23.9 Å². The number of benzene rings is 1. The summed E-state index contributed by atoms with van der Waals surface area (Å²) in [5, 5.41) is 13.8. The summed E-state index contributed by atoms with van der Waals surface area (Å²) in [4.78, 5) is 17.8. The third-order valence-electron chi connectivity index (χ3n) is 5.41. The Bertz CT molecular complexity index is 875. The molecule has 158 valence electrons. The third kappa shape index (κ3) is 3.68. The molecule has 0 unspecified atom stereocenters. The second-order valence-electron chi connectivity index (χ2n) is 7.97. The summed E-state index contributed by atoms with van der Waals surface area (Å²) in [5.41, 5.74) is -1.25. The van der Waals surface area contributed by atoms with Crippen LogP contribution in [-0.2, 0) is 12.1 Å². The number of carbonyl (C=O) groups is 1. The van der Waals surface area contributed by atoms with Crippen LogP contribution >= 0.6 is 0 Å². The molecule has 1 aromatic carbocycles. The molecular weight excluding hydrogens is 378 g/mol. The van der Waals surface area contributed by atoms with Gasteiger partial charge in [-0.05, 0) is 30.4 Å². The van der Waals surface area contributed by atoms with Gasteiger partial charge >= 0.3 is 6.09 Å². The van der Waals surface area contributed by atoms with Crippen molar-refractivity contribution < 1.29 is 28.6 Å².